The summed E-state index contributed by atoms with van der Waals surface area (Å²) in [5, 5.41) is 10.9. The zero-order valence-electron chi connectivity index (χ0n) is 15.5. The predicted octanol–water partition coefficient (Wildman–Crippen LogP) is 2.25. The molecule has 1 aromatic heterocycles. The zero-order chi connectivity index (χ0) is 21.6. The lowest BCUT2D eigenvalue weighted by molar-refractivity contribution is -0.384. The maximum atomic E-state index is 13.1. The molecule has 0 amide bonds. The molecule has 158 valence electrons. The van der Waals surface area contributed by atoms with Gasteiger partial charge in [0.25, 0.3) is 5.69 Å². The van der Waals surface area contributed by atoms with Crippen LogP contribution in [0.2, 0.25) is 5.02 Å². The fourth-order valence-corrected chi connectivity index (χ4v) is 3.98. The summed E-state index contributed by atoms with van der Waals surface area (Å²) in [6.45, 7) is -0.00617. The average Bonchev–Trinajstić information content (AvgIpc) is 3.15. The number of sulfonamides is 1. The number of esters is 1. The Morgan fingerprint density at radius 1 is 1.38 bits per heavy atom. The van der Waals surface area contributed by atoms with Crippen molar-refractivity contribution >= 4 is 33.3 Å². The topological polar surface area (TPSA) is 142 Å². The second kappa shape index (κ2) is 9.78. The number of halogens is 1. The van der Waals surface area contributed by atoms with Gasteiger partial charge in [0, 0.05) is 26.3 Å². The summed E-state index contributed by atoms with van der Waals surface area (Å²) >= 11 is 5.76. The van der Waals surface area contributed by atoms with E-state index in [2.05, 4.69) is 9.72 Å². The molecule has 0 fully saturated rings. The lowest BCUT2D eigenvalue weighted by Gasteiger charge is -2.20. The normalized spacial score (nSPS) is 11.6. The van der Waals surface area contributed by atoms with Crippen LogP contribution in [0.3, 0.4) is 0 Å². The van der Waals surface area contributed by atoms with Crippen molar-refractivity contribution in [2.45, 2.75) is 17.9 Å². The molecule has 0 N–H and O–H groups in total. The molecule has 2 rings (SSSR count). The monoisotopic (exact) mass is 447 g/mol. The van der Waals surface area contributed by atoms with Crippen LogP contribution in [-0.2, 0) is 26.0 Å². The summed E-state index contributed by atoms with van der Waals surface area (Å²) in [5.41, 5.74) is -0.646. The van der Waals surface area contributed by atoms with Crippen LogP contribution in [0.25, 0.3) is 0 Å². The van der Waals surface area contributed by atoms with Gasteiger partial charge in [-0.15, -0.1) is 0 Å². The minimum atomic E-state index is -4.17. The summed E-state index contributed by atoms with van der Waals surface area (Å²) in [6.07, 6.45) is 1.39. The van der Waals surface area contributed by atoms with Crippen LogP contribution in [0.1, 0.15) is 22.8 Å². The van der Waals surface area contributed by atoms with Gasteiger partial charge in [0.2, 0.25) is 15.9 Å². The molecular formula is C16H18ClN3O8S. The molecule has 2 aromatic rings. The minimum Gasteiger partial charge on any atom is -0.464 e. The highest BCUT2D eigenvalue weighted by molar-refractivity contribution is 7.89. The number of aromatic nitrogens is 1. The Hall–Kier alpha value is -2.54. The zero-order valence-corrected chi connectivity index (χ0v) is 17.1. The number of carbonyl (C=O) groups is 1. The number of hydrogen-bond donors (Lipinski definition) is 0. The summed E-state index contributed by atoms with van der Waals surface area (Å²) in [4.78, 5) is 25.4. The van der Waals surface area contributed by atoms with E-state index in [-0.39, 0.29) is 41.2 Å². The van der Waals surface area contributed by atoms with Crippen molar-refractivity contribution in [1.82, 2.24) is 9.29 Å². The number of oxazole rings is 1. The molecule has 0 atom stereocenters. The molecule has 0 saturated carbocycles. The first-order chi connectivity index (χ1) is 13.7. The quantitative estimate of drug-likeness (QED) is 0.232. The lowest BCUT2D eigenvalue weighted by Crippen LogP contribution is -2.32. The van der Waals surface area contributed by atoms with Gasteiger partial charge in [-0.05, 0) is 18.6 Å². The number of methoxy groups -OCH3 is 2. The van der Waals surface area contributed by atoms with E-state index in [1.54, 1.807) is 0 Å². The fraction of sp³-hybridized carbons (Fsp3) is 0.375. The van der Waals surface area contributed by atoms with Gasteiger partial charge in [-0.3, -0.25) is 10.1 Å². The van der Waals surface area contributed by atoms with Crippen LogP contribution in [0.15, 0.2) is 33.8 Å². The van der Waals surface area contributed by atoms with E-state index in [4.69, 9.17) is 20.8 Å². The number of rotatable bonds is 10. The minimum absolute atomic E-state index is 0.0164. The van der Waals surface area contributed by atoms with Gasteiger partial charge >= 0.3 is 5.97 Å². The van der Waals surface area contributed by atoms with Crippen LogP contribution >= 0.6 is 11.6 Å². The number of nitro benzene ring substituents is 1. The third-order valence-corrected chi connectivity index (χ3v) is 5.93. The number of nitro groups is 1. The third-order valence-electron chi connectivity index (χ3n) is 3.77. The molecule has 11 nitrogen and oxygen atoms in total. The average molecular weight is 448 g/mol. The first-order valence-electron chi connectivity index (χ1n) is 8.16. The van der Waals surface area contributed by atoms with Gasteiger partial charge < -0.3 is 13.9 Å². The lowest BCUT2D eigenvalue weighted by atomic mass is 10.3. The Morgan fingerprint density at radius 3 is 2.72 bits per heavy atom. The Kier molecular flexibility index (Phi) is 7.67. The second-order valence-corrected chi connectivity index (χ2v) is 8.02. The van der Waals surface area contributed by atoms with Gasteiger partial charge in [-0.2, -0.15) is 4.31 Å². The number of carbonyl (C=O) groups excluding carboxylic acids is 1. The van der Waals surface area contributed by atoms with Crippen LogP contribution in [0.4, 0.5) is 5.69 Å². The third kappa shape index (κ3) is 5.50. The molecule has 0 saturated heterocycles. The molecule has 0 bridgehead atoms. The van der Waals surface area contributed by atoms with E-state index in [1.807, 2.05) is 0 Å². The fourth-order valence-electron chi connectivity index (χ4n) is 2.34. The van der Waals surface area contributed by atoms with E-state index in [1.165, 1.54) is 20.3 Å². The maximum Gasteiger partial charge on any atom is 0.360 e. The second-order valence-electron chi connectivity index (χ2n) is 5.67. The van der Waals surface area contributed by atoms with Gasteiger partial charge in [-0.1, -0.05) is 11.6 Å². The molecule has 1 aromatic carbocycles. The van der Waals surface area contributed by atoms with Crippen molar-refractivity contribution < 1.29 is 32.0 Å². The van der Waals surface area contributed by atoms with E-state index >= 15 is 0 Å². The summed E-state index contributed by atoms with van der Waals surface area (Å²) in [6, 6.07) is 3.19. The number of nitrogens with zero attached hydrogens (tertiary/aromatic N) is 3. The van der Waals surface area contributed by atoms with Crippen molar-refractivity contribution in [2.24, 2.45) is 0 Å². The Balaban J connectivity index is 2.37. The first kappa shape index (κ1) is 22.7. The molecule has 29 heavy (non-hydrogen) atoms. The highest BCUT2D eigenvalue weighted by Gasteiger charge is 2.29. The number of benzene rings is 1. The molecule has 0 radical (unpaired) electrons. The van der Waals surface area contributed by atoms with Gasteiger partial charge in [0.1, 0.15) is 11.3 Å². The van der Waals surface area contributed by atoms with Crippen LogP contribution in [-0.4, -0.2) is 56.0 Å². The van der Waals surface area contributed by atoms with Crippen molar-refractivity contribution in [3.63, 3.8) is 0 Å². The number of hydrogen-bond acceptors (Lipinski definition) is 9. The molecule has 0 aliphatic heterocycles. The Labute approximate surface area is 171 Å². The van der Waals surface area contributed by atoms with Crippen LogP contribution in [0, 0.1) is 10.1 Å². The molecule has 0 unspecified atom stereocenters. The summed E-state index contributed by atoms with van der Waals surface area (Å²) in [7, 11) is -1.53. The van der Waals surface area contributed by atoms with Crippen molar-refractivity contribution in [2.75, 3.05) is 27.4 Å². The van der Waals surface area contributed by atoms with Crippen LogP contribution < -0.4 is 0 Å². The molecule has 1 heterocycles. The van der Waals surface area contributed by atoms with Crippen molar-refractivity contribution in [3.05, 3.63) is 51.2 Å². The molecule has 0 aliphatic carbocycles. The van der Waals surface area contributed by atoms with E-state index < -0.39 is 26.6 Å². The standard InChI is InChI=1S/C16H18ClN3O8S/c1-26-7-3-6-19(9-15-18-13(10-28-15)16(21)27-2)29(24,25)11-4-5-12(17)14(8-11)20(22)23/h4-5,8,10H,3,6-7,9H2,1-2H3. The van der Waals surface area contributed by atoms with E-state index in [0.717, 1.165) is 22.7 Å². The van der Waals surface area contributed by atoms with E-state index in [9.17, 15) is 23.3 Å². The smallest absolute Gasteiger partial charge is 0.360 e. The highest BCUT2D eigenvalue weighted by Crippen LogP contribution is 2.29. The first-order valence-corrected chi connectivity index (χ1v) is 9.98. The maximum absolute atomic E-state index is 13.1. The predicted molar refractivity (Wildman–Crippen MR) is 100 cm³/mol. The van der Waals surface area contributed by atoms with E-state index in [0.29, 0.717) is 6.42 Å². The van der Waals surface area contributed by atoms with Gasteiger partial charge in [0.05, 0.1) is 23.5 Å². The van der Waals surface area contributed by atoms with Gasteiger partial charge in [-0.25, -0.2) is 18.2 Å². The van der Waals surface area contributed by atoms with Crippen molar-refractivity contribution in [1.29, 1.82) is 0 Å². The van der Waals surface area contributed by atoms with Crippen molar-refractivity contribution in [3.8, 4) is 0 Å². The Morgan fingerprint density at radius 2 is 2.10 bits per heavy atom. The Bertz CT molecular complexity index is 992. The number of ether oxygens (including phenoxy) is 2. The molecule has 0 spiro atoms. The summed E-state index contributed by atoms with van der Waals surface area (Å²) in [5.74, 6) is -0.781. The SMILES string of the molecule is COCCCN(Cc1nc(C(=O)OC)co1)S(=O)(=O)c1ccc(Cl)c([N+](=O)[O-])c1. The molecular weight excluding hydrogens is 430 g/mol. The van der Waals surface area contributed by atoms with Gasteiger partial charge in [0.15, 0.2) is 5.69 Å². The largest absolute Gasteiger partial charge is 0.464 e. The summed E-state index contributed by atoms with van der Waals surface area (Å²) < 4.78 is 41.8. The van der Waals surface area contributed by atoms with Crippen LogP contribution in [0.5, 0.6) is 0 Å². The highest BCUT2D eigenvalue weighted by atomic mass is 35.5. The molecule has 13 heteroatoms. The molecule has 0 aliphatic rings.